The van der Waals surface area contributed by atoms with Crippen molar-refractivity contribution in [2.45, 2.75) is 40.7 Å². The minimum atomic E-state index is -1.05. The van der Waals surface area contributed by atoms with Gasteiger partial charge in [-0.15, -0.1) is 11.3 Å². The number of nitrogens with one attached hydrogen (secondary N) is 3. The monoisotopic (exact) mass is 417 g/mol. The number of carbonyl (C=O) groups excluding carboxylic acids is 4. The van der Waals surface area contributed by atoms with Crippen LogP contribution in [0, 0.1) is 13.8 Å². The highest BCUT2D eigenvalue weighted by Gasteiger charge is 2.25. The van der Waals surface area contributed by atoms with Crippen molar-refractivity contribution in [3.63, 3.8) is 0 Å². The van der Waals surface area contributed by atoms with Crippen molar-refractivity contribution in [2.24, 2.45) is 0 Å². The van der Waals surface area contributed by atoms with E-state index in [-0.39, 0.29) is 17.4 Å². The van der Waals surface area contributed by atoms with Gasteiger partial charge < -0.3 is 20.7 Å². The molecule has 1 heterocycles. The van der Waals surface area contributed by atoms with Gasteiger partial charge in [0.05, 0.1) is 5.56 Å². The summed E-state index contributed by atoms with van der Waals surface area (Å²) in [7, 11) is 0. The fourth-order valence-corrected chi connectivity index (χ4v) is 3.57. The highest BCUT2D eigenvalue weighted by atomic mass is 32.1. The molecule has 1 aromatic heterocycles. The van der Waals surface area contributed by atoms with E-state index >= 15 is 0 Å². The fraction of sp³-hybridized carbons (Fsp3) is 0.300. The predicted octanol–water partition coefficient (Wildman–Crippen LogP) is 3.47. The van der Waals surface area contributed by atoms with E-state index < -0.39 is 18.0 Å². The molecule has 2 rings (SSSR count). The highest BCUT2D eigenvalue weighted by Crippen LogP contribution is 2.33. The van der Waals surface area contributed by atoms with Crippen LogP contribution in [0.2, 0.25) is 0 Å². The van der Waals surface area contributed by atoms with Gasteiger partial charge in [0.1, 0.15) is 5.00 Å². The van der Waals surface area contributed by atoms with Crippen LogP contribution in [-0.2, 0) is 19.1 Å². The molecular weight excluding hydrogens is 394 g/mol. The van der Waals surface area contributed by atoms with Gasteiger partial charge in [0, 0.05) is 30.1 Å². The van der Waals surface area contributed by atoms with Gasteiger partial charge >= 0.3 is 5.97 Å². The number of hydrogen-bond acceptors (Lipinski definition) is 6. The number of thiophene rings is 1. The Morgan fingerprint density at radius 3 is 1.93 bits per heavy atom. The SMILES string of the molecule is CC(=O)Nc1ccc(NC(=O)[C@H](C)OC(=O)c2c(NC(C)=O)sc(C)c2C)cc1. The molecule has 0 unspecified atom stereocenters. The minimum Gasteiger partial charge on any atom is -0.449 e. The Morgan fingerprint density at radius 2 is 1.41 bits per heavy atom. The van der Waals surface area contributed by atoms with Crippen molar-refractivity contribution in [2.75, 3.05) is 16.0 Å². The van der Waals surface area contributed by atoms with Gasteiger partial charge in [-0.3, -0.25) is 14.4 Å². The first-order valence-corrected chi connectivity index (χ1v) is 9.67. The van der Waals surface area contributed by atoms with E-state index in [0.29, 0.717) is 21.9 Å². The Morgan fingerprint density at radius 1 is 0.897 bits per heavy atom. The molecule has 0 fully saturated rings. The molecular formula is C20H23N3O5S. The van der Waals surface area contributed by atoms with Crippen molar-refractivity contribution >= 4 is 51.4 Å². The number of esters is 1. The molecule has 0 aliphatic rings. The first-order chi connectivity index (χ1) is 13.6. The summed E-state index contributed by atoms with van der Waals surface area (Å²) in [6, 6.07) is 6.54. The number of ether oxygens (including phenoxy) is 1. The molecule has 9 heteroatoms. The topological polar surface area (TPSA) is 114 Å². The van der Waals surface area contributed by atoms with Gasteiger partial charge in [-0.1, -0.05) is 0 Å². The molecule has 8 nitrogen and oxygen atoms in total. The van der Waals surface area contributed by atoms with Gasteiger partial charge in [0.15, 0.2) is 6.10 Å². The molecule has 154 valence electrons. The maximum absolute atomic E-state index is 12.6. The summed E-state index contributed by atoms with van der Waals surface area (Å²) in [5.74, 6) is -1.68. The number of amides is 3. The number of benzene rings is 1. The maximum atomic E-state index is 12.6. The van der Waals surface area contributed by atoms with E-state index in [2.05, 4.69) is 16.0 Å². The molecule has 3 N–H and O–H groups in total. The molecule has 29 heavy (non-hydrogen) atoms. The first kappa shape index (κ1) is 22.1. The van der Waals surface area contributed by atoms with Crippen LogP contribution in [0.15, 0.2) is 24.3 Å². The summed E-state index contributed by atoms with van der Waals surface area (Å²) in [6.07, 6.45) is -1.05. The molecule has 0 radical (unpaired) electrons. The Balaban J connectivity index is 2.05. The average Bonchev–Trinajstić information content (AvgIpc) is 2.89. The Bertz CT molecular complexity index is 950. The Hall–Kier alpha value is -3.20. The maximum Gasteiger partial charge on any atom is 0.342 e. The normalized spacial score (nSPS) is 11.3. The molecule has 0 saturated carbocycles. The molecule has 0 aliphatic carbocycles. The average molecular weight is 417 g/mol. The third-order valence-corrected chi connectivity index (χ3v) is 5.13. The lowest BCUT2D eigenvalue weighted by atomic mass is 10.1. The number of hydrogen-bond donors (Lipinski definition) is 3. The lowest BCUT2D eigenvalue weighted by molar-refractivity contribution is -0.123. The van der Waals surface area contributed by atoms with E-state index in [1.165, 1.54) is 32.1 Å². The van der Waals surface area contributed by atoms with Gasteiger partial charge in [0.2, 0.25) is 11.8 Å². The van der Waals surface area contributed by atoms with Crippen LogP contribution in [0.5, 0.6) is 0 Å². The first-order valence-electron chi connectivity index (χ1n) is 8.85. The zero-order valence-corrected chi connectivity index (χ0v) is 17.7. The molecule has 0 saturated heterocycles. The number of aryl methyl sites for hydroxylation is 1. The lowest BCUT2D eigenvalue weighted by Crippen LogP contribution is -2.30. The van der Waals surface area contributed by atoms with E-state index in [9.17, 15) is 19.2 Å². The van der Waals surface area contributed by atoms with Crippen LogP contribution in [0.25, 0.3) is 0 Å². The standard InChI is InChI=1S/C20H23N3O5S/c1-10-12(3)29-19(22-14(5)25)17(10)20(27)28-11(2)18(26)23-16-8-6-15(7-9-16)21-13(4)24/h6-9,11H,1-5H3,(H,21,24)(H,22,25)(H,23,26)/t11-/m0/s1. The van der Waals surface area contributed by atoms with Gasteiger partial charge in [-0.2, -0.15) is 0 Å². The Kier molecular flexibility index (Phi) is 7.11. The summed E-state index contributed by atoms with van der Waals surface area (Å²) in [5, 5.41) is 8.30. The number of anilines is 3. The third kappa shape index (κ3) is 5.89. The van der Waals surface area contributed by atoms with Crippen LogP contribution in [0.3, 0.4) is 0 Å². The van der Waals surface area contributed by atoms with Crippen molar-refractivity contribution in [3.8, 4) is 0 Å². The van der Waals surface area contributed by atoms with Crippen molar-refractivity contribution in [3.05, 3.63) is 40.3 Å². The molecule has 3 amide bonds. The second kappa shape index (κ2) is 9.33. The zero-order valence-electron chi connectivity index (χ0n) is 16.8. The van der Waals surface area contributed by atoms with E-state index in [0.717, 1.165) is 4.88 Å². The number of carbonyl (C=O) groups is 4. The van der Waals surface area contributed by atoms with Crippen LogP contribution in [0.4, 0.5) is 16.4 Å². The highest BCUT2D eigenvalue weighted by molar-refractivity contribution is 7.16. The van der Waals surface area contributed by atoms with Crippen LogP contribution in [-0.4, -0.2) is 29.8 Å². The van der Waals surface area contributed by atoms with E-state index in [1.807, 2.05) is 6.92 Å². The summed E-state index contributed by atoms with van der Waals surface area (Å²) in [4.78, 5) is 48.3. The zero-order chi connectivity index (χ0) is 21.7. The molecule has 0 spiro atoms. The summed E-state index contributed by atoms with van der Waals surface area (Å²) >= 11 is 1.28. The summed E-state index contributed by atoms with van der Waals surface area (Å²) in [6.45, 7) is 7.82. The number of rotatable bonds is 6. The van der Waals surface area contributed by atoms with Crippen molar-refractivity contribution in [1.82, 2.24) is 0 Å². The van der Waals surface area contributed by atoms with E-state index in [1.54, 1.807) is 31.2 Å². The summed E-state index contributed by atoms with van der Waals surface area (Å²) < 4.78 is 5.31. The predicted molar refractivity (Wildman–Crippen MR) is 112 cm³/mol. The van der Waals surface area contributed by atoms with Gasteiger partial charge in [-0.05, 0) is 50.6 Å². The fourth-order valence-electron chi connectivity index (χ4n) is 2.48. The third-order valence-electron chi connectivity index (χ3n) is 4.00. The van der Waals surface area contributed by atoms with Gasteiger partial charge in [0.25, 0.3) is 5.91 Å². The summed E-state index contributed by atoms with van der Waals surface area (Å²) in [5.41, 5.74) is 2.05. The quantitative estimate of drug-likeness (QED) is 0.623. The van der Waals surface area contributed by atoms with Crippen LogP contribution in [0.1, 0.15) is 41.6 Å². The minimum absolute atomic E-state index is 0.195. The smallest absolute Gasteiger partial charge is 0.342 e. The van der Waals surface area contributed by atoms with Gasteiger partial charge in [-0.25, -0.2) is 4.79 Å². The molecule has 1 aromatic carbocycles. The van der Waals surface area contributed by atoms with Crippen molar-refractivity contribution < 1.29 is 23.9 Å². The molecule has 0 bridgehead atoms. The van der Waals surface area contributed by atoms with Crippen LogP contribution >= 0.6 is 11.3 Å². The second-order valence-corrected chi connectivity index (χ2v) is 7.69. The Labute approximate surface area is 172 Å². The molecule has 0 aliphatic heterocycles. The van der Waals surface area contributed by atoms with Crippen LogP contribution < -0.4 is 16.0 Å². The van der Waals surface area contributed by atoms with E-state index in [4.69, 9.17) is 4.74 Å². The molecule has 2 aromatic rings. The second-order valence-electron chi connectivity index (χ2n) is 6.46. The largest absolute Gasteiger partial charge is 0.449 e. The lowest BCUT2D eigenvalue weighted by Gasteiger charge is -2.14. The molecule has 1 atom stereocenters. The van der Waals surface area contributed by atoms with Crippen molar-refractivity contribution in [1.29, 1.82) is 0 Å².